The van der Waals surface area contributed by atoms with Gasteiger partial charge in [0.1, 0.15) is 5.75 Å². The molecule has 2 fully saturated rings. The fourth-order valence-corrected chi connectivity index (χ4v) is 4.98. The second-order valence-electron chi connectivity index (χ2n) is 8.47. The van der Waals surface area contributed by atoms with Crippen LogP contribution in [0.3, 0.4) is 0 Å². The van der Waals surface area contributed by atoms with Crippen molar-refractivity contribution in [2.75, 3.05) is 32.8 Å². The first-order chi connectivity index (χ1) is 15.1. The third-order valence-electron chi connectivity index (χ3n) is 6.57. The van der Waals surface area contributed by atoms with Gasteiger partial charge in [0, 0.05) is 50.0 Å². The molecule has 2 aliphatic rings. The van der Waals surface area contributed by atoms with Gasteiger partial charge in [0.15, 0.2) is 0 Å². The highest BCUT2D eigenvalue weighted by atomic mass is 16.5. The van der Waals surface area contributed by atoms with Crippen molar-refractivity contribution in [1.29, 1.82) is 0 Å². The number of nitrogens with zero attached hydrogens (tertiary/aromatic N) is 2. The van der Waals surface area contributed by atoms with Crippen molar-refractivity contribution in [2.24, 2.45) is 11.7 Å². The summed E-state index contributed by atoms with van der Waals surface area (Å²) in [5, 5.41) is 0. The van der Waals surface area contributed by atoms with Crippen LogP contribution in [0.15, 0.2) is 54.6 Å². The summed E-state index contributed by atoms with van der Waals surface area (Å²) in [6.07, 6.45) is 1.62. The van der Waals surface area contributed by atoms with Gasteiger partial charge in [0.05, 0.1) is 6.61 Å². The molecule has 0 unspecified atom stereocenters. The molecule has 3 atom stereocenters. The lowest BCUT2D eigenvalue weighted by Crippen LogP contribution is -2.49. The summed E-state index contributed by atoms with van der Waals surface area (Å²) in [5.74, 6) is 1.42. The second-order valence-corrected chi connectivity index (χ2v) is 8.47. The van der Waals surface area contributed by atoms with Crippen molar-refractivity contribution < 1.29 is 14.3 Å². The van der Waals surface area contributed by atoms with Crippen molar-refractivity contribution in [3.63, 3.8) is 0 Å². The zero-order chi connectivity index (χ0) is 21.8. The van der Waals surface area contributed by atoms with E-state index in [0.717, 1.165) is 25.1 Å². The van der Waals surface area contributed by atoms with Crippen LogP contribution < -0.4 is 10.5 Å². The predicted molar refractivity (Wildman–Crippen MR) is 120 cm³/mol. The van der Waals surface area contributed by atoms with E-state index in [2.05, 4.69) is 12.1 Å². The molecule has 0 saturated carbocycles. The number of nitrogens with two attached hydrogens (primary N) is 1. The van der Waals surface area contributed by atoms with Gasteiger partial charge in [0.25, 0.3) is 5.91 Å². The van der Waals surface area contributed by atoms with Crippen LogP contribution in [0.1, 0.15) is 41.6 Å². The van der Waals surface area contributed by atoms with Gasteiger partial charge in [-0.25, -0.2) is 0 Å². The first-order valence-corrected chi connectivity index (χ1v) is 11.1. The zero-order valence-electron chi connectivity index (χ0n) is 18.1. The van der Waals surface area contributed by atoms with Crippen LogP contribution >= 0.6 is 0 Å². The van der Waals surface area contributed by atoms with Gasteiger partial charge < -0.3 is 20.3 Å². The quantitative estimate of drug-likeness (QED) is 0.728. The Labute approximate surface area is 184 Å². The number of rotatable bonds is 6. The fraction of sp³-hybridized carbons (Fsp3) is 0.440. The Morgan fingerprint density at radius 3 is 2.48 bits per heavy atom. The molecule has 0 aliphatic carbocycles. The van der Waals surface area contributed by atoms with Crippen LogP contribution in [0.4, 0.5) is 0 Å². The minimum Gasteiger partial charge on any atom is -0.494 e. The van der Waals surface area contributed by atoms with E-state index in [1.165, 1.54) is 5.56 Å². The monoisotopic (exact) mass is 421 g/mol. The molecule has 2 aromatic rings. The highest BCUT2D eigenvalue weighted by Crippen LogP contribution is 2.41. The van der Waals surface area contributed by atoms with Gasteiger partial charge in [0.2, 0.25) is 5.91 Å². The van der Waals surface area contributed by atoms with E-state index in [0.29, 0.717) is 31.8 Å². The lowest BCUT2D eigenvalue weighted by Gasteiger charge is -2.38. The molecule has 2 amide bonds. The molecule has 0 spiro atoms. The molecule has 31 heavy (non-hydrogen) atoms. The van der Waals surface area contributed by atoms with E-state index in [4.69, 9.17) is 10.5 Å². The second kappa shape index (κ2) is 9.52. The van der Waals surface area contributed by atoms with Crippen molar-refractivity contribution in [3.05, 3.63) is 65.7 Å². The number of likely N-dealkylation sites (tertiary alicyclic amines) is 2. The number of carbonyl (C=O) groups excluding carboxylic acids is 2. The molecular formula is C25H31N3O3. The summed E-state index contributed by atoms with van der Waals surface area (Å²) >= 11 is 0. The number of carbonyl (C=O) groups is 2. The van der Waals surface area contributed by atoms with E-state index in [1.54, 1.807) is 6.92 Å². The van der Waals surface area contributed by atoms with Crippen molar-refractivity contribution >= 4 is 11.8 Å². The van der Waals surface area contributed by atoms with E-state index >= 15 is 0 Å². The molecule has 2 aliphatic heterocycles. The molecule has 164 valence electrons. The largest absolute Gasteiger partial charge is 0.494 e. The van der Waals surface area contributed by atoms with Crippen LogP contribution in [0.25, 0.3) is 0 Å². The molecule has 6 nitrogen and oxygen atoms in total. The van der Waals surface area contributed by atoms with Gasteiger partial charge in [-0.2, -0.15) is 0 Å². The van der Waals surface area contributed by atoms with E-state index in [9.17, 15) is 9.59 Å². The molecule has 2 aromatic carbocycles. The maximum absolute atomic E-state index is 13.2. The highest BCUT2D eigenvalue weighted by Gasteiger charge is 2.46. The van der Waals surface area contributed by atoms with Gasteiger partial charge >= 0.3 is 0 Å². The summed E-state index contributed by atoms with van der Waals surface area (Å²) in [5.41, 5.74) is 7.41. The van der Waals surface area contributed by atoms with E-state index in [-0.39, 0.29) is 29.7 Å². The molecule has 0 radical (unpaired) electrons. The molecule has 2 heterocycles. The molecule has 0 bridgehead atoms. The van der Waals surface area contributed by atoms with Crippen LogP contribution in [0.2, 0.25) is 0 Å². The molecular weight excluding hydrogens is 390 g/mol. The molecule has 6 heteroatoms. The minimum atomic E-state index is 0.0417. The standard InChI is InChI=1S/C25H31N3O3/c1-18(29)28-17-22(19-6-3-2-4-7-19)23-16-27(14-12-24(23)28)25(30)20-8-10-21(11-9-20)31-15-5-13-26/h2-4,6-11,22-24H,5,12-17,26H2,1H3/t22-,23-,24-/m1/s1. The smallest absolute Gasteiger partial charge is 0.253 e. The van der Waals surface area contributed by atoms with Gasteiger partial charge in [-0.3, -0.25) is 9.59 Å². The number of hydrogen-bond acceptors (Lipinski definition) is 4. The summed E-state index contributed by atoms with van der Waals surface area (Å²) in [6.45, 7) is 4.89. The maximum atomic E-state index is 13.2. The van der Waals surface area contributed by atoms with Gasteiger partial charge in [-0.1, -0.05) is 30.3 Å². The van der Waals surface area contributed by atoms with Crippen LogP contribution in [0.5, 0.6) is 5.75 Å². The lowest BCUT2D eigenvalue weighted by molar-refractivity contribution is -0.130. The Balaban J connectivity index is 1.48. The van der Waals surface area contributed by atoms with Crippen molar-refractivity contribution in [2.45, 2.75) is 31.7 Å². The third kappa shape index (κ3) is 4.59. The number of ether oxygens (including phenoxy) is 1. The number of fused-ring (bicyclic) bond motifs is 1. The number of hydrogen-bond donors (Lipinski definition) is 1. The summed E-state index contributed by atoms with van der Waals surface area (Å²) < 4.78 is 5.64. The normalized spacial score (nSPS) is 22.8. The first kappa shape index (κ1) is 21.4. The molecule has 2 N–H and O–H groups in total. The Bertz CT molecular complexity index is 900. The van der Waals surface area contributed by atoms with Crippen LogP contribution in [-0.2, 0) is 4.79 Å². The lowest BCUT2D eigenvalue weighted by atomic mass is 9.81. The Hall–Kier alpha value is -2.86. The molecule has 2 saturated heterocycles. The van der Waals surface area contributed by atoms with Gasteiger partial charge in [-0.15, -0.1) is 0 Å². The Morgan fingerprint density at radius 1 is 1.06 bits per heavy atom. The fourth-order valence-electron chi connectivity index (χ4n) is 4.98. The summed E-state index contributed by atoms with van der Waals surface area (Å²) in [4.78, 5) is 29.4. The third-order valence-corrected chi connectivity index (χ3v) is 6.57. The number of benzene rings is 2. The average Bonchev–Trinajstić information content (AvgIpc) is 3.19. The van der Waals surface area contributed by atoms with Crippen LogP contribution in [0, 0.1) is 5.92 Å². The first-order valence-electron chi connectivity index (χ1n) is 11.1. The molecule has 4 rings (SSSR count). The topological polar surface area (TPSA) is 75.9 Å². The zero-order valence-corrected chi connectivity index (χ0v) is 18.1. The summed E-state index contributed by atoms with van der Waals surface area (Å²) in [7, 11) is 0. The highest BCUT2D eigenvalue weighted by molar-refractivity contribution is 5.94. The Morgan fingerprint density at radius 2 is 1.81 bits per heavy atom. The van der Waals surface area contributed by atoms with Crippen molar-refractivity contribution in [3.8, 4) is 5.75 Å². The number of amides is 2. The minimum absolute atomic E-state index is 0.0417. The Kier molecular flexibility index (Phi) is 6.56. The van der Waals surface area contributed by atoms with Gasteiger partial charge in [-0.05, 0) is 49.2 Å². The number of piperidine rings is 1. The van der Waals surface area contributed by atoms with E-state index < -0.39 is 0 Å². The summed E-state index contributed by atoms with van der Waals surface area (Å²) in [6, 6.07) is 17.9. The van der Waals surface area contributed by atoms with Crippen LogP contribution in [-0.4, -0.2) is 60.4 Å². The molecule has 0 aromatic heterocycles. The van der Waals surface area contributed by atoms with Crippen molar-refractivity contribution in [1.82, 2.24) is 9.80 Å². The maximum Gasteiger partial charge on any atom is 0.253 e. The van der Waals surface area contributed by atoms with E-state index in [1.807, 2.05) is 52.3 Å². The SMILES string of the molecule is CC(=O)N1C[C@H](c2ccccc2)[C@H]2CN(C(=O)c3ccc(OCCCN)cc3)CC[C@H]21. The predicted octanol–water partition coefficient (Wildman–Crippen LogP) is 2.89. The average molecular weight is 422 g/mol.